The molecule has 0 bridgehead atoms. The molecule has 2 rings (SSSR count). The fourth-order valence-corrected chi connectivity index (χ4v) is 2.13. The lowest BCUT2D eigenvalue weighted by Crippen LogP contribution is -2.49. The van der Waals surface area contributed by atoms with Gasteiger partial charge in [0, 0.05) is 18.5 Å². The highest BCUT2D eigenvalue weighted by Gasteiger charge is 2.29. The van der Waals surface area contributed by atoms with Crippen molar-refractivity contribution in [1.82, 2.24) is 9.88 Å². The highest BCUT2D eigenvalue weighted by atomic mass is 32.1. The summed E-state index contributed by atoms with van der Waals surface area (Å²) in [5.74, 6) is -0.829. The van der Waals surface area contributed by atoms with E-state index >= 15 is 0 Å². The van der Waals surface area contributed by atoms with Crippen molar-refractivity contribution in [1.29, 1.82) is 0 Å². The molecule has 1 aromatic rings. The molecule has 1 fully saturated rings. The Balaban J connectivity index is 2.02. The Hall–Kier alpha value is -0.980. The predicted molar refractivity (Wildman–Crippen MR) is 54.8 cm³/mol. The third-order valence-corrected chi connectivity index (χ3v) is 3.01. The van der Waals surface area contributed by atoms with Crippen molar-refractivity contribution in [2.45, 2.75) is 12.6 Å². The minimum absolute atomic E-state index is 0.263. The van der Waals surface area contributed by atoms with Gasteiger partial charge in [-0.3, -0.25) is 9.69 Å². The minimum atomic E-state index is -0.829. The van der Waals surface area contributed by atoms with Crippen LogP contribution in [0.4, 0.5) is 0 Å². The van der Waals surface area contributed by atoms with Gasteiger partial charge in [0.1, 0.15) is 6.04 Å². The number of morpholine rings is 1. The lowest BCUT2D eigenvalue weighted by Gasteiger charge is -2.32. The van der Waals surface area contributed by atoms with Gasteiger partial charge in [-0.1, -0.05) is 0 Å². The standard InChI is InChI=1S/C9H12N2O3S/c12-9(13)8-4-14-2-1-11(8)3-7-5-15-6-10-7/h5-6,8H,1-4H2,(H,12,13). The Morgan fingerprint density at radius 1 is 1.80 bits per heavy atom. The smallest absolute Gasteiger partial charge is 0.323 e. The van der Waals surface area contributed by atoms with E-state index in [0.29, 0.717) is 19.7 Å². The summed E-state index contributed by atoms with van der Waals surface area (Å²) in [5.41, 5.74) is 2.68. The van der Waals surface area contributed by atoms with Crippen LogP contribution in [0, 0.1) is 0 Å². The first kappa shape index (κ1) is 10.5. The molecule has 1 unspecified atom stereocenters. The first-order valence-corrected chi connectivity index (χ1v) is 5.63. The molecule has 0 amide bonds. The zero-order valence-electron chi connectivity index (χ0n) is 8.13. The Morgan fingerprint density at radius 3 is 3.33 bits per heavy atom. The molecule has 1 aliphatic heterocycles. The van der Waals surface area contributed by atoms with Crippen LogP contribution >= 0.6 is 11.3 Å². The van der Waals surface area contributed by atoms with Crippen LogP contribution in [0.15, 0.2) is 10.9 Å². The van der Waals surface area contributed by atoms with E-state index in [4.69, 9.17) is 9.84 Å². The van der Waals surface area contributed by atoms with Gasteiger partial charge in [0.15, 0.2) is 0 Å². The highest BCUT2D eigenvalue weighted by molar-refractivity contribution is 7.07. The molecule has 1 atom stereocenters. The molecule has 1 aromatic heterocycles. The van der Waals surface area contributed by atoms with Gasteiger partial charge in [0.05, 0.1) is 24.4 Å². The summed E-state index contributed by atoms with van der Waals surface area (Å²) in [6.07, 6.45) is 0. The van der Waals surface area contributed by atoms with Crippen LogP contribution in [0.1, 0.15) is 5.69 Å². The molecule has 6 heteroatoms. The quantitative estimate of drug-likeness (QED) is 0.812. The lowest BCUT2D eigenvalue weighted by atomic mass is 10.2. The van der Waals surface area contributed by atoms with Gasteiger partial charge < -0.3 is 9.84 Å². The van der Waals surface area contributed by atoms with Crippen molar-refractivity contribution < 1.29 is 14.6 Å². The fraction of sp³-hybridized carbons (Fsp3) is 0.556. The third-order valence-electron chi connectivity index (χ3n) is 2.37. The maximum Gasteiger partial charge on any atom is 0.323 e. The molecular formula is C9H12N2O3S. The Morgan fingerprint density at radius 2 is 2.67 bits per heavy atom. The largest absolute Gasteiger partial charge is 0.480 e. The number of carbonyl (C=O) groups is 1. The molecule has 1 saturated heterocycles. The summed E-state index contributed by atoms with van der Waals surface area (Å²) >= 11 is 1.52. The van der Waals surface area contributed by atoms with Crippen molar-refractivity contribution in [3.05, 3.63) is 16.6 Å². The van der Waals surface area contributed by atoms with Crippen molar-refractivity contribution in [2.75, 3.05) is 19.8 Å². The number of hydrogen-bond acceptors (Lipinski definition) is 5. The molecule has 0 spiro atoms. The molecule has 0 saturated carbocycles. The number of aliphatic carboxylic acids is 1. The van der Waals surface area contributed by atoms with Crippen LogP contribution in [-0.2, 0) is 16.1 Å². The van der Waals surface area contributed by atoms with E-state index in [1.807, 2.05) is 10.3 Å². The number of hydrogen-bond donors (Lipinski definition) is 1. The first-order chi connectivity index (χ1) is 7.27. The molecule has 0 aliphatic carbocycles. The second-order valence-electron chi connectivity index (χ2n) is 3.38. The average Bonchev–Trinajstić information content (AvgIpc) is 2.71. The van der Waals surface area contributed by atoms with Crippen LogP contribution in [0.3, 0.4) is 0 Å². The average molecular weight is 228 g/mol. The topological polar surface area (TPSA) is 62.7 Å². The van der Waals surface area contributed by atoms with E-state index in [-0.39, 0.29) is 6.61 Å². The van der Waals surface area contributed by atoms with Gasteiger partial charge in [0.25, 0.3) is 0 Å². The summed E-state index contributed by atoms with van der Waals surface area (Å²) in [5, 5.41) is 10.9. The maximum absolute atomic E-state index is 11.0. The number of nitrogens with zero attached hydrogens (tertiary/aromatic N) is 2. The van der Waals surface area contributed by atoms with E-state index < -0.39 is 12.0 Å². The van der Waals surface area contributed by atoms with Gasteiger partial charge in [0.2, 0.25) is 0 Å². The monoisotopic (exact) mass is 228 g/mol. The summed E-state index contributed by atoms with van der Waals surface area (Å²) in [6.45, 7) is 2.09. The number of carboxylic acids is 1. The number of thiazole rings is 1. The number of aromatic nitrogens is 1. The predicted octanol–water partition coefficient (Wildman–Crippen LogP) is 0.428. The summed E-state index contributed by atoms with van der Waals surface area (Å²) in [6, 6.07) is -0.541. The molecular weight excluding hydrogens is 216 g/mol. The lowest BCUT2D eigenvalue weighted by molar-refractivity contribution is -0.150. The zero-order chi connectivity index (χ0) is 10.7. The molecule has 82 valence electrons. The zero-order valence-corrected chi connectivity index (χ0v) is 8.94. The van der Waals surface area contributed by atoms with E-state index in [9.17, 15) is 4.79 Å². The fourth-order valence-electron chi connectivity index (χ4n) is 1.58. The van der Waals surface area contributed by atoms with Crippen LogP contribution in [0.2, 0.25) is 0 Å². The van der Waals surface area contributed by atoms with Crippen LogP contribution in [-0.4, -0.2) is 46.8 Å². The summed E-state index contributed by atoms with van der Waals surface area (Å²) in [7, 11) is 0. The minimum Gasteiger partial charge on any atom is -0.480 e. The SMILES string of the molecule is O=C(O)C1COCCN1Cc1cscn1. The number of rotatable bonds is 3. The van der Waals surface area contributed by atoms with E-state index in [2.05, 4.69) is 4.98 Å². The molecule has 5 nitrogen and oxygen atoms in total. The Bertz CT molecular complexity index is 328. The van der Waals surface area contributed by atoms with Crippen molar-refractivity contribution in [3.8, 4) is 0 Å². The van der Waals surface area contributed by atoms with Gasteiger partial charge in [-0.25, -0.2) is 4.98 Å². The van der Waals surface area contributed by atoms with Crippen molar-refractivity contribution in [3.63, 3.8) is 0 Å². The van der Waals surface area contributed by atoms with E-state index in [1.54, 1.807) is 5.51 Å². The third kappa shape index (κ3) is 2.53. The molecule has 1 aliphatic rings. The molecule has 1 N–H and O–H groups in total. The summed E-state index contributed by atoms with van der Waals surface area (Å²) in [4.78, 5) is 17.0. The molecule has 0 aromatic carbocycles. The Kier molecular flexibility index (Phi) is 3.30. The van der Waals surface area contributed by atoms with Gasteiger partial charge in [-0.05, 0) is 0 Å². The van der Waals surface area contributed by atoms with Crippen molar-refractivity contribution >= 4 is 17.3 Å². The van der Waals surface area contributed by atoms with Crippen LogP contribution < -0.4 is 0 Å². The molecule has 2 heterocycles. The van der Waals surface area contributed by atoms with Gasteiger partial charge >= 0.3 is 5.97 Å². The first-order valence-electron chi connectivity index (χ1n) is 4.69. The maximum atomic E-state index is 11.0. The summed E-state index contributed by atoms with van der Waals surface area (Å²) < 4.78 is 5.15. The number of ether oxygens (including phenoxy) is 1. The second-order valence-corrected chi connectivity index (χ2v) is 4.10. The van der Waals surface area contributed by atoms with E-state index in [0.717, 1.165) is 5.69 Å². The van der Waals surface area contributed by atoms with Crippen LogP contribution in [0.5, 0.6) is 0 Å². The van der Waals surface area contributed by atoms with Crippen LogP contribution in [0.25, 0.3) is 0 Å². The second kappa shape index (κ2) is 4.69. The number of carboxylic acid groups (broad SMARTS) is 1. The van der Waals surface area contributed by atoms with Gasteiger partial charge in [-0.2, -0.15) is 0 Å². The highest BCUT2D eigenvalue weighted by Crippen LogP contribution is 2.12. The molecule has 0 radical (unpaired) electrons. The van der Waals surface area contributed by atoms with Gasteiger partial charge in [-0.15, -0.1) is 11.3 Å². The van der Waals surface area contributed by atoms with Crippen molar-refractivity contribution in [2.24, 2.45) is 0 Å². The normalized spacial score (nSPS) is 22.8. The van der Waals surface area contributed by atoms with E-state index in [1.165, 1.54) is 11.3 Å². The Labute approximate surface area is 91.3 Å². The molecule has 15 heavy (non-hydrogen) atoms.